The lowest BCUT2D eigenvalue weighted by atomic mass is 10.0. The van der Waals surface area contributed by atoms with Crippen LogP contribution in [0, 0.1) is 0 Å². The Labute approximate surface area is 231 Å². The summed E-state index contributed by atoms with van der Waals surface area (Å²) in [4.78, 5) is 0. The molecule has 0 spiro atoms. The standard InChI is InChI=1S/C32H65BrS/c33-31-29-27-25-23-21-19-17-15-13-11-9-7-5-3-1-2-4-6-8-10-12-14-16-18-20-22-24-26-28-30-32-34/h34H,1-32H2. The van der Waals surface area contributed by atoms with Gasteiger partial charge in [0.2, 0.25) is 0 Å². The monoisotopic (exact) mass is 560 g/mol. The van der Waals surface area contributed by atoms with Gasteiger partial charge in [-0.2, -0.15) is 12.6 Å². The van der Waals surface area contributed by atoms with Crippen molar-refractivity contribution in [1.82, 2.24) is 0 Å². The summed E-state index contributed by atoms with van der Waals surface area (Å²) in [5.74, 6) is 1.07. The first-order valence-electron chi connectivity index (χ1n) is 16.1. The van der Waals surface area contributed by atoms with E-state index in [1.807, 2.05) is 0 Å². The van der Waals surface area contributed by atoms with E-state index in [-0.39, 0.29) is 0 Å². The lowest BCUT2D eigenvalue weighted by molar-refractivity contribution is 0.513. The third-order valence-electron chi connectivity index (χ3n) is 7.54. The number of thiol groups is 1. The molecule has 0 rings (SSSR count). The van der Waals surface area contributed by atoms with Crippen LogP contribution >= 0.6 is 28.6 Å². The van der Waals surface area contributed by atoms with Gasteiger partial charge in [-0.05, 0) is 18.6 Å². The second-order valence-electron chi connectivity index (χ2n) is 11.0. The molecule has 0 aliphatic rings. The van der Waals surface area contributed by atoms with Gasteiger partial charge in [-0.25, -0.2) is 0 Å². The van der Waals surface area contributed by atoms with Crippen molar-refractivity contribution in [2.24, 2.45) is 0 Å². The Morgan fingerprint density at radius 2 is 0.382 bits per heavy atom. The molecule has 0 amide bonds. The van der Waals surface area contributed by atoms with Crippen molar-refractivity contribution in [3.8, 4) is 0 Å². The molecule has 0 aromatic rings. The van der Waals surface area contributed by atoms with Gasteiger partial charge in [0.05, 0.1) is 0 Å². The molecule has 0 heterocycles. The minimum Gasteiger partial charge on any atom is -0.179 e. The summed E-state index contributed by atoms with van der Waals surface area (Å²) in [6.07, 6.45) is 43.9. The van der Waals surface area contributed by atoms with Gasteiger partial charge in [0.25, 0.3) is 0 Å². The van der Waals surface area contributed by atoms with Crippen LogP contribution in [0.3, 0.4) is 0 Å². The summed E-state index contributed by atoms with van der Waals surface area (Å²) in [5.41, 5.74) is 0. The summed E-state index contributed by atoms with van der Waals surface area (Å²) in [7, 11) is 0. The van der Waals surface area contributed by atoms with Gasteiger partial charge in [-0.15, -0.1) is 0 Å². The van der Waals surface area contributed by atoms with Crippen LogP contribution in [-0.2, 0) is 0 Å². The fourth-order valence-corrected chi connectivity index (χ4v) is 5.78. The Balaban J connectivity index is 2.99. The van der Waals surface area contributed by atoms with Gasteiger partial charge in [0.1, 0.15) is 0 Å². The first-order chi connectivity index (χ1) is 16.9. The molecule has 2 heteroatoms. The van der Waals surface area contributed by atoms with Gasteiger partial charge in [0.15, 0.2) is 0 Å². The van der Waals surface area contributed by atoms with Crippen molar-refractivity contribution in [2.75, 3.05) is 11.1 Å². The average molecular weight is 562 g/mol. The molecule has 0 aromatic heterocycles. The van der Waals surface area contributed by atoms with E-state index in [9.17, 15) is 0 Å². The van der Waals surface area contributed by atoms with Gasteiger partial charge in [-0.1, -0.05) is 196 Å². The smallest absolute Gasteiger partial charge is 0.00313 e. The predicted molar refractivity (Wildman–Crippen MR) is 166 cm³/mol. The normalized spacial score (nSPS) is 11.5. The number of hydrogen-bond donors (Lipinski definition) is 1. The quantitative estimate of drug-likeness (QED) is 0.0486. The molecule has 0 saturated carbocycles. The molecule has 0 N–H and O–H groups in total. The molecule has 0 saturated heterocycles. The summed E-state index contributed by atoms with van der Waals surface area (Å²) in [6.45, 7) is 0. The Kier molecular flexibility index (Phi) is 34.7. The predicted octanol–water partition coefficient (Wildman–Crippen LogP) is 13.0. The molecule has 0 radical (unpaired) electrons. The van der Waals surface area contributed by atoms with Crippen LogP contribution in [0.4, 0.5) is 0 Å². The number of unbranched alkanes of at least 4 members (excludes halogenated alkanes) is 29. The van der Waals surface area contributed by atoms with Crippen LogP contribution in [0.15, 0.2) is 0 Å². The second-order valence-corrected chi connectivity index (χ2v) is 12.3. The summed E-state index contributed by atoms with van der Waals surface area (Å²) in [6, 6.07) is 0. The van der Waals surface area contributed by atoms with Crippen LogP contribution in [-0.4, -0.2) is 11.1 Å². The molecular weight excluding hydrogens is 496 g/mol. The SMILES string of the molecule is SCCCCCCCCCCCCCCCCCCCCCCCCCCCCCCCCBr. The van der Waals surface area contributed by atoms with Crippen LogP contribution in [0.5, 0.6) is 0 Å². The van der Waals surface area contributed by atoms with E-state index in [1.54, 1.807) is 0 Å². The molecule has 0 atom stereocenters. The Morgan fingerprint density at radius 3 is 0.529 bits per heavy atom. The van der Waals surface area contributed by atoms with E-state index in [1.165, 1.54) is 198 Å². The van der Waals surface area contributed by atoms with Crippen LogP contribution in [0.1, 0.15) is 193 Å². The van der Waals surface area contributed by atoms with Crippen LogP contribution in [0.25, 0.3) is 0 Å². The van der Waals surface area contributed by atoms with E-state index in [2.05, 4.69) is 28.6 Å². The number of rotatable bonds is 31. The molecule has 0 bridgehead atoms. The number of alkyl halides is 1. The van der Waals surface area contributed by atoms with Crippen molar-refractivity contribution in [1.29, 1.82) is 0 Å². The first kappa shape index (κ1) is 34.8. The van der Waals surface area contributed by atoms with E-state index in [0.29, 0.717) is 0 Å². The van der Waals surface area contributed by atoms with Gasteiger partial charge in [-0.3, -0.25) is 0 Å². The fourth-order valence-electron chi connectivity index (χ4n) is 5.16. The van der Waals surface area contributed by atoms with E-state index >= 15 is 0 Å². The highest BCUT2D eigenvalue weighted by Crippen LogP contribution is 2.16. The van der Waals surface area contributed by atoms with E-state index in [4.69, 9.17) is 0 Å². The number of hydrogen-bond acceptors (Lipinski definition) is 1. The third kappa shape index (κ3) is 32.8. The molecule has 206 valence electrons. The summed E-state index contributed by atoms with van der Waals surface area (Å²) >= 11 is 7.80. The Morgan fingerprint density at radius 1 is 0.235 bits per heavy atom. The molecule has 34 heavy (non-hydrogen) atoms. The molecule has 0 unspecified atom stereocenters. The lowest BCUT2D eigenvalue weighted by Gasteiger charge is -2.04. The maximum atomic E-state index is 4.28. The Bertz CT molecular complexity index is 301. The average Bonchev–Trinajstić information content (AvgIpc) is 2.85. The maximum Gasteiger partial charge on any atom is 0.00313 e. The molecule has 0 aromatic carbocycles. The largest absolute Gasteiger partial charge is 0.179 e. The highest BCUT2D eigenvalue weighted by Gasteiger charge is 1.97. The molecule has 0 nitrogen and oxygen atoms in total. The topological polar surface area (TPSA) is 0 Å². The number of halogens is 1. The van der Waals surface area contributed by atoms with Crippen molar-refractivity contribution in [3.05, 3.63) is 0 Å². The van der Waals surface area contributed by atoms with Crippen molar-refractivity contribution in [2.45, 2.75) is 193 Å². The van der Waals surface area contributed by atoms with Crippen LogP contribution in [0.2, 0.25) is 0 Å². The van der Waals surface area contributed by atoms with Crippen molar-refractivity contribution < 1.29 is 0 Å². The van der Waals surface area contributed by atoms with Crippen molar-refractivity contribution in [3.63, 3.8) is 0 Å². The lowest BCUT2D eigenvalue weighted by Crippen LogP contribution is -1.85. The first-order valence-corrected chi connectivity index (χ1v) is 17.8. The molecule has 0 aliphatic heterocycles. The summed E-state index contributed by atoms with van der Waals surface area (Å²) in [5, 5.41) is 1.19. The Hall–Kier alpha value is 0.830. The van der Waals surface area contributed by atoms with Crippen molar-refractivity contribution >= 4 is 28.6 Å². The minimum absolute atomic E-state index is 1.07. The molecule has 0 fully saturated rings. The highest BCUT2D eigenvalue weighted by molar-refractivity contribution is 9.09. The second kappa shape index (κ2) is 33.8. The molecular formula is C32H65BrS. The van der Waals surface area contributed by atoms with E-state index < -0.39 is 0 Å². The third-order valence-corrected chi connectivity index (χ3v) is 8.42. The van der Waals surface area contributed by atoms with E-state index in [0.717, 1.165) is 5.75 Å². The van der Waals surface area contributed by atoms with Gasteiger partial charge >= 0.3 is 0 Å². The highest BCUT2D eigenvalue weighted by atomic mass is 79.9. The zero-order valence-electron chi connectivity index (χ0n) is 23.5. The summed E-state index contributed by atoms with van der Waals surface area (Å²) < 4.78 is 0. The maximum absolute atomic E-state index is 4.28. The molecule has 0 aliphatic carbocycles. The van der Waals surface area contributed by atoms with Gasteiger partial charge in [0, 0.05) is 5.33 Å². The minimum atomic E-state index is 1.07. The van der Waals surface area contributed by atoms with Gasteiger partial charge < -0.3 is 0 Å². The zero-order valence-corrected chi connectivity index (χ0v) is 25.9. The fraction of sp³-hybridized carbons (Fsp3) is 1.00. The zero-order chi connectivity index (χ0) is 24.6. The van der Waals surface area contributed by atoms with Crippen LogP contribution < -0.4 is 0 Å².